The first-order valence-electron chi connectivity index (χ1n) is 7.50. The first kappa shape index (κ1) is 20.2. The lowest BCUT2D eigenvalue weighted by Gasteiger charge is -2.29. The first-order valence-corrected chi connectivity index (χ1v) is 9.70. The Morgan fingerprint density at radius 1 is 1.08 bits per heavy atom. The van der Waals surface area contributed by atoms with E-state index in [0.717, 1.165) is 4.31 Å². The van der Waals surface area contributed by atoms with Gasteiger partial charge in [-0.2, -0.15) is 0 Å². The second kappa shape index (κ2) is 8.07. The minimum Gasteiger partial charge on any atom is -0.326 e. The Morgan fingerprint density at radius 2 is 1.65 bits per heavy atom. The van der Waals surface area contributed by atoms with E-state index in [9.17, 15) is 18.0 Å². The van der Waals surface area contributed by atoms with E-state index in [0.29, 0.717) is 5.69 Å². The number of amides is 1. The molecular weight excluding hydrogens is 399 g/mol. The van der Waals surface area contributed by atoms with Crippen LogP contribution in [-0.4, -0.2) is 25.6 Å². The quantitative estimate of drug-likeness (QED) is 0.731. The molecule has 0 saturated carbocycles. The molecule has 0 heterocycles. The lowest BCUT2D eigenvalue weighted by Crippen LogP contribution is -2.42. The highest BCUT2D eigenvalue weighted by atomic mass is 35.5. The van der Waals surface area contributed by atoms with Crippen LogP contribution in [0.3, 0.4) is 0 Å². The molecule has 0 aliphatic rings. The van der Waals surface area contributed by atoms with Gasteiger partial charge < -0.3 is 5.32 Å². The molecule has 1 amide bonds. The number of para-hydroxylation sites is 1. The van der Waals surface area contributed by atoms with E-state index >= 15 is 0 Å². The number of nitrogens with one attached hydrogen (secondary N) is 1. The smallest absolute Gasteiger partial charge is 0.265 e. The highest BCUT2D eigenvalue weighted by Gasteiger charge is 2.33. The van der Waals surface area contributed by atoms with Gasteiger partial charge in [-0.15, -0.1) is 0 Å². The van der Waals surface area contributed by atoms with Crippen LogP contribution in [0.1, 0.15) is 13.8 Å². The minimum atomic E-state index is -4.14. The number of hydrogen-bond acceptors (Lipinski definition) is 4. The van der Waals surface area contributed by atoms with Crippen molar-refractivity contribution in [2.45, 2.75) is 24.8 Å². The fourth-order valence-electron chi connectivity index (χ4n) is 2.30. The molecule has 2 rings (SSSR count). The van der Waals surface area contributed by atoms with Crippen molar-refractivity contribution in [3.63, 3.8) is 0 Å². The molecular formula is C17H16Cl2N2O4S. The lowest BCUT2D eigenvalue weighted by atomic mass is 10.3. The van der Waals surface area contributed by atoms with E-state index in [4.69, 9.17) is 23.2 Å². The van der Waals surface area contributed by atoms with Gasteiger partial charge in [-0.05, 0) is 54.9 Å². The van der Waals surface area contributed by atoms with Crippen LogP contribution >= 0.6 is 23.2 Å². The number of sulfonamides is 1. The third-order valence-electron chi connectivity index (χ3n) is 3.50. The number of nitrogens with zero attached hydrogens (tertiary/aromatic N) is 1. The van der Waals surface area contributed by atoms with Crippen molar-refractivity contribution in [1.29, 1.82) is 0 Å². The molecule has 0 radical (unpaired) electrons. The van der Waals surface area contributed by atoms with E-state index in [1.165, 1.54) is 50.2 Å². The topological polar surface area (TPSA) is 83.6 Å². The molecule has 1 atom stereocenters. The Morgan fingerprint density at radius 3 is 2.15 bits per heavy atom. The lowest BCUT2D eigenvalue weighted by molar-refractivity contribution is -0.114. The second-order valence-corrected chi connectivity index (χ2v) is 8.03. The summed E-state index contributed by atoms with van der Waals surface area (Å²) >= 11 is 11.7. The number of carbonyl (C=O) groups is 2. The average Bonchev–Trinajstić information content (AvgIpc) is 2.56. The summed E-state index contributed by atoms with van der Waals surface area (Å²) in [5.41, 5.74) is 0.587. The molecule has 0 aromatic heterocycles. The van der Waals surface area contributed by atoms with Gasteiger partial charge >= 0.3 is 0 Å². The highest BCUT2D eigenvalue weighted by molar-refractivity contribution is 7.93. The molecule has 0 saturated heterocycles. The molecule has 0 spiro atoms. The van der Waals surface area contributed by atoms with Gasteiger partial charge in [-0.1, -0.05) is 23.7 Å². The van der Waals surface area contributed by atoms with E-state index in [1.807, 2.05) is 0 Å². The number of carbonyl (C=O) groups excluding carboxylic acids is 2. The monoisotopic (exact) mass is 414 g/mol. The fraction of sp³-hybridized carbons (Fsp3) is 0.176. The number of halogens is 2. The van der Waals surface area contributed by atoms with Crippen molar-refractivity contribution in [1.82, 2.24) is 0 Å². The van der Waals surface area contributed by atoms with E-state index in [1.54, 1.807) is 12.1 Å². The van der Waals surface area contributed by atoms with Gasteiger partial charge in [0.2, 0.25) is 11.1 Å². The molecule has 0 bridgehead atoms. The zero-order chi connectivity index (χ0) is 19.5. The second-order valence-electron chi connectivity index (χ2n) is 5.44. The largest absolute Gasteiger partial charge is 0.326 e. The summed E-state index contributed by atoms with van der Waals surface area (Å²) < 4.78 is 27.2. The molecule has 9 heteroatoms. The Labute approximate surface area is 161 Å². The van der Waals surface area contributed by atoms with Crippen molar-refractivity contribution in [3.05, 3.63) is 53.6 Å². The van der Waals surface area contributed by atoms with Crippen LogP contribution in [0.4, 0.5) is 11.4 Å². The summed E-state index contributed by atoms with van der Waals surface area (Å²) in [7, 11) is -4.14. The van der Waals surface area contributed by atoms with Crippen LogP contribution in [0.25, 0.3) is 0 Å². The summed E-state index contributed by atoms with van der Waals surface area (Å²) in [4.78, 5) is 22.7. The van der Waals surface area contributed by atoms with Crippen molar-refractivity contribution >= 4 is 55.7 Å². The van der Waals surface area contributed by atoms with Gasteiger partial charge in [-0.3, -0.25) is 13.9 Å². The van der Waals surface area contributed by atoms with Crippen molar-refractivity contribution in [2.24, 2.45) is 0 Å². The minimum absolute atomic E-state index is 0.0729. The molecule has 6 nitrogen and oxygen atoms in total. The maximum Gasteiger partial charge on any atom is 0.265 e. The fourth-order valence-corrected chi connectivity index (χ4v) is 4.37. The van der Waals surface area contributed by atoms with Crippen LogP contribution in [0.2, 0.25) is 5.02 Å². The number of benzene rings is 2. The summed E-state index contributed by atoms with van der Waals surface area (Å²) in [6.07, 6.45) is 0. The summed E-state index contributed by atoms with van der Waals surface area (Å²) in [6, 6.07) is 10.6. The molecule has 1 N–H and O–H groups in total. The van der Waals surface area contributed by atoms with Gasteiger partial charge in [0.1, 0.15) is 6.04 Å². The zero-order valence-corrected chi connectivity index (χ0v) is 16.3. The summed E-state index contributed by atoms with van der Waals surface area (Å²) in [5, 5.41) is 1.87. The number of anilines is 2. The molecule has 2 aromatic rings. The van der Waals surface area contributed by atoms with Gasteiger partial charge in [0.15, 0.2) is 0 Å². The molecule has 0 fully saturated rings. The Hall–Kier alpha value is -2.09. The predicted octanol–water partition coefficient (Wildman–Crippen LogP) is 3.65. The molecule has 0 aliphatic carbocycles. The summed E-state index contributed by atoms with van der Waals surface area (Å²) in [5.74, 6) is -0.278. The van der Waals surface area contributed by atoms with Crippen LogP contribution in [0.5, 0.6) is 0 Å². The summed E-state index contributed by atoms with van der Waals surface area (Å²) in [6.45, 7) is 2.72. The first-order chi connectivity index (χ1) is 12.1. The normalized spacial score (nSPS) is 12.3. The van der Waals surface area contributed by atoms with E-state index in [2.05, 4.69) is 5.32 Å². The van der Waals surface area contributed by atoms with Crippen molar-refractivity contribution < 1.29 is 18.0 Å². The van der Waals surface area contributed by atoms with Crippen LogP contribution in [-0.2, 0) is 19.6 Å². The Kier molecular flexibility index (Phi) is 6.28. The van der Waals surface area contributed by atoms with E-state index in [-0.39, 0.29) is 21.5 Å². The zero-order valence-electron chi connectivity index (χ0n) is 13.9. The average molecular weight is 415 g/mol. The molecule has 1 unspecified atom stereocenters. The molecule has 2 aromatic carbocycles. The maximum absolute atomic E-state index is 13.1. The van der Waals surface area contributed by atoms with Crippen LogP contribution in [0.15, 0.2) is 53.4 Å². The van der Waals surface area contributed by atoms with Crippen molar-refractivity contribution in [3.8, 4) is 0 Å². The van der Waals surface area contributed by atoms with Crippen molar-refractivity contribution in [2.75, 3.05) is 9.62 Å². The van der Waals surface area contributed by atoms with Gasteiger partial charge in [-0.25, -0.2) is 8.42 Å². The third kappa shape index (κ3) is 4.35. The number of rotatable bonds is 6. The van der Waals surface area contributed by atoms with Gasteiger partial charge in [0.25, 0.3) is 10.0 Å². The Balaban J connectivity index is 2.54. The molecule has 26 heavy (non-hydrogen) atoms. The molecule has 0 aliphatic heterocycles. The Bertz CT molecular complexity index is 930. The standard InChI is InChI=1S/C17H16Cl2N2O4S/c1-11(17(19)23)21(16-6-4-3-5-15(16)18)26(24,25)14-9-7-13(8-10-14)20-12(2)22/h3-11H,1-2H3,(H,20,22). The van der Waals surface area contributed by atoms with Crippen LogP contribution in [0, 0.1) is 0 Å². The van der Waals surface area contributed by atoms with E-state index < -0.39 is 21.3 Å². The predicted molar refractivity (Wildman–Crippen MR) is 102 cm³/mol. The highest BCUT2D eigenvalue weighted by Crippen LogP contribution is 2.33. The third-order valence-corrected chi connectivity index (χ3v) is 6.04. The maximum atomic E-state index is 13.1. The van der Waals surface area contributed by atoms with Gasteiger partial charge in [0, 0.05) is 12.6 Å². The SMILES string of the molecule is CC(=O)Nc1ccc(S(=O)(=O)N(c2ccccc2Cl)C(C)C(=O)Cl)cc1. The van der Waals surface area contributed by atoms with Gasteiger partial charge in [0.05, 0.1) is 15.6 Å². The van der Waals surface area contributed by atoms with Crippen LogP contribution < -0.4 is 9.62 Å². The molecule has 138 valence electrons. The number of hydrogen-bond donors (Lipinski definition) is 1.